The van der Waals surface area contributed by atoms with Crippen molar-refractivity contribution in [2.24, 2.45) is 0 Å². The number of nitrogens with one attached hydrogen (secondary N) is 1. The SMILES string of the molecule is Cc1ccc(C)c(N(CC(=O)N(Cc2ccc(Cl)cc2)C(Cc2ccccc2)C(=O)NC2CCCC2)S(=O)(=O)N(C)C)c1. The number of carbonyl (C=O) groups is 2. The van der Waals surface area contributed by atoms with E-state index >= 15 is 0 Å². The van der Waals surface area contributed by atoms with E-state index in [2.05, 4.69) is 5.32 Å². The predicted octanol–water partition coefficient (Wildman–Crippen LogP) is 5.27. The van der Waals surface area contributed by atoms with Crippen LogP contribution < -0.4 is 9.62 Å². The molecule has 1 N–H and O–H groups in total. The Morgan fingerprint density at radius 1 is 0.930 bits per heavy atom. The van der Waals surface area contributed by atoms with Gasteiger partial charge in [0.2, 0.25) is 11.8 Å². The normalized spacial score (nSPS) is 14.5. The first-order valence-corrected chi connectivity index (χ1v) is 16.4. The van der Waals surface area contributed by atoms with E-state index in [0.29, 0.717) is 16.3 Å². The average molecular weight is 625 g/mol. The average Bonchev–Trinajstić information content (AvgIpc) is 3.49. The molecule has 0 spiro atoms. The summed E-state index contributed by atoms with van der Waals surface area (Å²) < 4.78 is 29.6. The van der Waals surface area contributed by atoms with Crippen LogP contribution in [0, 0.1) is 13.8 Å². The zero-order chi connectivity index (χ0) is 31.1. The van der Waals surface area contributed by atoms with E-state index in [-0.39, 0.29) is 24.9 Å². The fourth-order valence-electron chi connectivity index (χ4n) is 5.40. The maximum atomic E-state index is 14.4. The van der Waals surface area contributed by atoms with Crippen molar-refractivity contribution in [3.05, 3.63) is 100 Å². The zero-order valence-corrected chi connectivity index (χ0v) is 26.9. The summed E-state index contributed by atoms with van der Waals surface area (Å²) in [5, 5.41) is 3.74. The fourth-order valence-corrected chi connectivity index (χ4v) is 6.64. The van der Waals surface area contributed by atoms with E-state index in [9.17, 15) is 18.0 Å². The van der Waals surface area contributed by atoms with Crippen molar-refractivity contribution in [1.29, 1.82) is 0 Å². The summed E-state index contributed by atoms with van der Waals surface area (Å²) in [6.07, 6.45) is 4.18. The Bertz CT molecular complexity index is 1510. The molecule has 0 saturated heterocycles. The second-order valence-corrected chi connectivity index (χ2v) is 13.9. The molecule has 230 valence electrons. The van der Waals surface area contributed by atoms with Gasteiger partial charge in [-0.2, -0.15) is 12.7 Å². The number of rotatable bonds is 12. The lowest BCUT2D eigenvalue weighted by Gasteiger charge is -2.35. The number of aryl methyl sites for hydroxylation is 2. The second-order valence-electron chi connectivity index (χ2n) is 11.4. The number of hydrogen-bond acceptors (Lipinski definition) is 4. The maximum absolute atomic E-state index is 14.4. The molecule has 3 aromatic carbocycles. The van der Waals surface area contributed by atoms with Gasteiger partial charge in [-0.15, -0.1) is 0 Å². The Labute approximate surface area is 260 Å². The minimum absolute atomic E-state index is 0.0545. The summed E-state index contributed by atoms with van der Waals surface area (Å²) in [4.78, 5) is 29.9. The second kappa shape index (κ2) is 14.4. The highest BCUT2D eigenvalue weighted by atomic mass is 35.5. The molecule has 1 fully saturated rings. The van der Waals surface area contributed by atoms with Gasteiger partial charge in [0, 0.05) is 38.1 Å². The number of benzene rings is 3. The van der Waals surface area contributed by atoms with E-state index in [1.807, 2.05) is 68.4 Å². The number of halogens is 1. The Morgan fingerprint density at radius 2 is 1.58 bits per heavy atom. The number of anilines is 1. The van der Waals surface area contributed by atoms with Gasteiger partial charge in [0.05, 0.1) is 5.69 Å². The highest BCUT2D eigenvalue weighted by Crippen LogP contribution is 2.27. The number of nitrogens with zero attached hydrogens (tertiary/aromatic N) is 3. The first kappa shape index (κ1) is 32.5. The molecule has 2 amide bonds. The third kappa shape index (κ3) is 8.37. The zero-order valence-electron chi connectivity index (χ0n) is 25.3. The summed E-state index contributed by atoms with van der Waals surface area (Å²) >= 11 is 6.15. The van der Waals surface area contributed by atoms with Gasteiger partial charge in [0.1, 0.15) is 12.6 Å². The lowest BCUT2D eigenvalue weighted by atomic mass is 10.0. The lowest BCUT2D eigenvalue weighted by molar-refractivity contribution is -0.140. The van der Waals surface area contributed by atoms with E-state index in [0.717, 1.165) is 51.0 Å². The number of amides is 2. The van der Waals surface area contributed by atoms with Gasteiger partial charge in [0.25, 0.3) is 0 Å². The molecular formula is C33H41ClN4O4S. The van der Waals surface area contributed by atoms with E-state index in [1.165, 1.54) is 19.0 Å². The van der Waals surface area contributed by atoms with E-state index < -0.39 is 28.7 Å². The standard InChI is InChI=1S/C33H41ClN4O4S/c1-24-14-15-25(2)30(20-24)38(43(41,42)36(3)4)23-32(39)37(22-27-16-18-28(34)19-17-27)31(21-26-10-6-5-7-11-26)33(40)35-29-12-8-9-13-29/h5-7,10-11,14-20,29,31H,8-9,12-13,21-23H2,1-4H3,(H,35,40). The fraction of sp³-hybridized carbons (Fsp3) is 0.394. The highest BCUT2D eigenvalue weighted by molar-refractivity contribution is 7.90. The van der Waals surface area contributed by atoms with Crippen molar-refractivity contribution in [3.63, 3.8) is 0 Å². The third-order valence-electron chi connectivity index (χ3n) is 7.89. The molecular weight excluding hydrogens is 584 g/mol. The van der Waals surface area contributed by atoms with Crippen LogP contribution in [0.15, 0.2) is 72.8 Å². The van der Waals surface area contributed by atoms with Crippen LogP contribution in [0.3, 0.4) is 0 Å². The molecule has 1 unspecified atom stereocenters. The molecule has 8 nitrogen and oxygen atoms in total. The van der Waals surface area contributed by atoms with Gasteiger partial charge < -0.3 is 10.2 Å². The molecule has 4 rings (SSSR count). The van der Waals surface area contributed by atoms with Crippen molar-refractivity contribution in [2.75, 3.05) is 24.9 Å². The highest BCUT2D eigenvalue weighted by Gasteiger charge is 2.36. The molecule has 43 heavy (non-hydrogen) atoms. The van der Waals surface area contributed by atoms with Crippen LogP contribution in [0.1, 0.15) is 47.9 Å². The monoisotopic (exact) mass is 624 g/mol. The van der Waals surface area contributed by atoms with Crippen LogP contribution in [0.5, 0.6) is 0 Å². The van der Waals surface area contributed by atoms with Gasteiger partial charge in [-0.25, -0.2) is 4.31 Å². The molecule has 10 heteroatoms. The van der Waals surface area contributed by atoms with Gasteiger partial charge in [-0.1, -0.05) is 79.0 Å². The predicted molar refractivity (Wildman–Crippen MR) is 172 cm³/mol. The van der Waals surface area contributed by atoms with Crippen molar-refractivity contribution >= 4 is 39.3 Å². The largest absolute Gasteiger partial charge is 0.352 e. The minimum atomic E-state index is -4.06. The molecule has 1 aliphatic carbocycles. The molecule has 3 aromatic rings. The molecule has 0 aliphatic heterocycles. The van der Waals surface area contributed by atoms with Crippen molar-refractivity contribution in [1.82, 2.24) is 14.5 Å². The number of carbonyl (C=O) groups excluding carboxylic acids is 2. The number of hydrogen-bond donors (Lipinski definition) is 1. The summed E-state index contributed by atoms with van der Waals surface area (Å²) in [6.45, 7) is 3.33. The summed E-state index contributed by atoms with van der Waals surface area (Å²) in [5.41, 5.74) is 3.67. The Morgan fingerprint density at radius 3 is 2.21 bits per heavy atom. The molecule has 0 bridgehead atoms. The molecule has 1 atom stereocenters. The molecule has 1 saturated carbocycles. The maximum Gasteiger partial charge on any atom is 0.304 e. The first-order chi connectivity index (χ1) is 20.5. The molecule has 0 heterocycles. The Hall–Kier alpha value is -3.40. The molecule has 0 aromatic heterocycles. The lowest BCUT2D eigenvalue weighted by Crippen LogP contribution is -2.55. The smallest absolute Gasteiger partial charge is 0.304 e. The van der Waals surface area contributed by atoms with E-state index in [4.69, 9.17) is 11.6 Å². The summed E-state index contributed by atoms with van der Waals surface area (Å²) in [6, 6.07) is 21.4. The van der Waals surface area contributed by atoms with Crippen molar-refractivity contribution in [3.8, 4) is 0 Å². The van der Waals surface area contributed by atoms with Gasteiger partial charge >= 0.3 is 10.2 Å². The van der Waals surface area contributed by atoms with E-state index in [1.54, 1.807) is 18.2 Å². The molecule has 1 aliphatic rings. The first-order valence-electron chi connectivity index (χ1n) is 14.6. The minimum Gasteiger partial charge on any atom is -0.352 e. The van der Waals surface area contributed by atoms with Crippen LogP contribution in [0.2, 0.25) is 5.02 Å². The topological polar surface area (TPSA) is 90.0 Å². The van der Waals surface area contributed by atoms with Crippen molar-refractivity contribution in [2.45, 2.75) is 64.6 Å². The van der Waals surface area contributed by atoms with Crippen LogP contribution in [-0.2, 0) is 32.8 Å². The third-order valence-corrected chi connectivity index (χ3v) is 9.95. The van der Waals surface area contributed by atoms with Crippen LogP contribution in [0.4, 0.5) is 5.69 Å². The Kier molecular flexibility index (Phi) is 10.9. The summed E-state index contributed by atoms with van der Waals surface area (Å²) in [7, 11) is -1.18. The van der Waals surface area contributed by atoms with Crippen LogP contribution in [0.25, 0.3) is 0 Å². The van der Waals surface area contributed by atoms with Crippen molar-refractivity contribution < 1.29 is 18.0 Å². The Balaban J connectivity index is 1.77. The van der Waals surface area contributed by atoms with Gasteiger partial charge in [-0.05, 0) is 67.1 Å². The van der Waals surface area contributed by atoms with Gasteiger partial charge in [-0.3, -0.25) is 9.59 Å². The van der Waals surface area contributed by atoms with Gasteiger partial charge in [0.15, 0.2) is 0 Å². The molecule has 0 radical (unpaired) electrons. The van der Waals surface area contributed by atoms with Crippen LogP contribution in [-0.4, -0.2) is 62.2 Å². The quantitative estimate of drug-likeness (QED) is 0.297. The summed E-state index contributed by atoms with van der Waals surface area (Å²) in [5.74, 6) is -0.726. The van der Waals surface area contributed by atoms with Crippen LogP contribution >= 0.6 is 11.6 Å².